The average molecular weight is 434 g/mol. The van der Waals surface area contributed by atoms with Crippen molar-refractivity contribution in [1.82, 2.24) is 20.0 Å². The first-order valence-corrected chi connectivity index (χ1v) is 10.3. The lowest BCUT2D eigenvalue weighted by molar-refractivity contribution is -0.125. The quantitative estimate of drug-likeness (QED) is 0.580. The van der Waals surface area contributed by atoms with Crippen LogP contribution >= 0.6 is 0 Å². The molecule has 0 saturated heterocycles. The number of aryl methyl sites for hydroxylation is 1. The predicted molar refractivity (Wildman–Crippen MR) is 117 cm³/mol. The molecular weight excluding hydrogens is 411 g/mol. The molecule has 7 nitrogen and oxygen atoms in total. The summed E-state index contributed by atoms with van der Waals surface area (Å²) in [6.07, 6.45) is 1.22. The van der Waals surface area contributed by atoms with Crippen molar-refractivity contribution in [2.75, 3.05) is 7.05 Å². The molecule has 3 aromatic rings. The molecule has 0 bridgehead atoms. The Bertz CT molecular complexity index is 1190. The first kappa shape index (κ1) is 21.4. The average Bonchev–Trinajstić information content (AvgIpc) is 3.34. The van der Waals surface area contributed by atoms with Crippen LogP contribution in [0.1, 0.15) is 28.8 Å². The molecule has 1 aliphatic heterocycles. The van der Waals surface area contributed by atoms with E-state index >= 15 is 0 Å². The van der Waals surface area contributed by atoms with Gasteiger partial charge in [-0.25, -0.2) is 4.39 Å². The highest BCUT2D eigenvalue weighted by atomic mass is 19.1. The van der Waals surface area contributed by atoms with Crippen molar-refractivity contribution in [3.63, 3.8) is 0 Å². The molecule has 1 N–H and O–H groups in total. The zero-order valence-electron chi connectivity index (χ0n) is 17.8. The van der Waals surface area contributed by atoms with Crippen LogP contribution in [-0.4, -0.2) is 45.9 Å². The molecule has 0 spiro atoms. The minimum atomic E-state index is -0.700. The van der Waals surface area contributed by atoms with Crippen molar-refractivity contribution in [2.24, 2.45) is 7.05 Å². The predicted octanol–water partition coefficient (Wildman–Crippen LogP) is 2.94. The normalized spacial score (nSPS) is 13.7. The van der Waals surface area contributed by atoms with Crippen LogP contribution in [0.2, 0.25) is 0 Å². The van der Waals surface area contributed by atoms with Gasteiger partial charge in [0.2, 0.25) is 5.91 Å². The summed E-state index contributed by atoms with van der Waals surface area (Å²) in [4.78, 5) is 37.6. The second-order valence-corrected chi connectivity index (χ2v) is 7.72. The number of halogens is 1. The maximum atomic E-state index is 13.3. The fourth-order valence-corrected chi connectivity index (χ4v) is 4.07. The lowest BCUT2D eigenvalue weighted by Gasteiger charge is -2.25. The Morgan fingerprint density at radius 2 is 1.91 bits per heavy atom. The van der Waals surface area contributed by atoms with Gasteiger partial charge in [0, 0.05) is 38.2 Å². The number of amides is 2. The zero-order valence-corrected chi connectivity index (χ0v) is 17.8. The van der Waals surface area contributed by atoms with Gasteiger partial charge in [-0.05, 0) is 60.0 Å². The van der Waals surface area contributed by atoms with Crippen LogP contribution in [0.25, 0.3) is 22.5 Å². The van der Waals surface area contributed by atoms with Crippen molar-refractivity contribution in [3.8, 4) is 22.5 Å². The topological polar surface area (TPSA) is 84.3 Å². The van der Waals surface area contributed by atoms with Crippen LogP contribution in [0, 0.1) is 5.82 Å². The molecule has 164 valence electrons. The third kappa shape index (κ3) is 3.91. The maximum absolute atomic E-state index is 13.3. The fourth-order valence-electron chi connectivity index (χ4n) is 4.07. The summed E-state index contributed by atoms with van der Waals surface area (Å²) >= 11 is 0. The van der Waals surface area contributed by atoms with E-state index in [1.54, 1.807) is 22.9 Å². The summed E-state index contributed by atoms with van der Waals surface area (Å²) in [6.45, 7) is 0.288. The van der Waals surface area contributed by atoms with E-state index in [9.17, 15) is 18.8 Å². The molecule has 2 amide bonds. The number of carbonyl (C=O) groups is 3. The number of carbonyl (C=O) groups excluding carboxylic acids is 3. The highest BCUT2D eigenvalue weighted by Crippen LogP contribution is 2.32. The lowest BCUT2D eigenvalue weighted by atomic mass is 10.0. The second-order valence-electron chi connectivity index (χ2n) is 7.72. The van der Waals surface area contributed by atoms with Gasteiger partial charge in [-0.3, -0.25) is 14.3 Å². The molecule has 0 aliphatic carbocycles. The first-order chi connectivity index (χ1) is 15.4. The van der Waals surface area contributed by atoms with Gasteiger partial charge >= 0.3 is 0 Å². The largest absolute Gasteiger partial charge is 0.357 e. The van der Waals surface area contributed by atoms with Crippen molar-refractivity contribution in [2.45, 2.75) is 25.4 Å². The summed E-state index contributed by atoms with van der Waals surface area (Å²) in [5.74, 6) is -0.812. The van der Waals surface area contributed by atoms with Gasteiger partial charge in [-0.15, -0.1) is 0 Å². The lowest BCUT2D eigenvalue weighted by Crippen LogP contribution is -2.46. The van der Waals surface area contributed by atoms with Crippen molar-refractivity contribution in [1.29, 1.82) is 0 Å². The van der Waals surface area contributed by atoms with Crippen molar-refractivity contribution >= 4 is 18.1 Å². The molecule has 1 unspecified atom stereocenters. The maximum Gasteiger partial charge on any atom is 0.255 e. The van der Waals surface area contributed by atoms with Crippen LogP contribution in [-0.2, 0) is 23.2 Å². The molecule has 1 atom stereocenters. The van der Waals surface area contributed by atoms with E-state index in [-0.39, 0.29) is 37.0 Å². The summed E-state index contributed by atoms with van der Waals surface area (Å²) in [5, 5.41) is 7.16. The Balaban J connectivity index is 1.63. The highest BCUT2D eigenvalue weighted by Gasteiger charge is 2.36. The summed E-state index contributed by atoms with van der Waals surface area (Å²) in [5.41, 5.74) is 4.60. The Hall–Kier alpha value is -3.81. The molecule has 0 radical (unpaired) electrons. The second kappa shape index (κ2) is 8.74. The molecule has 32 heavy (non-hydrogen) atoms. The van der Waals surface area contributed by atoms with E-state index in [4.69, 9.17) is 0 Å². The van der Waals surface area contributed by atoms with Gasteiger partial charge < -0.3 is 15.0 Å². The van der Waals surface area contributed by atoms with E-state index in [0.717, 1.165) is 34.4 Å². The molecule has 8 heteroatoms. The van der Waals surface area contributed by atoms with Gasteiger partial charge in [-0.1, -0.05) is 6.07 Å². The van der Waals surface area contributed by atoms with E-state index < -0.39 is 6.04 Å². The van der Waals surface area contributed by atoms with Gasteiger partial charge in [0.15, 0.2) is 0 Å². The number of benzene rings is 2. The van der Waals surface area contributed by atoms with Gasteiger partial charge in [0.1, 0.15) is 18.1 Å². The zero-order chi connectivity index (χ0) is 22.8. The van der Waals surface area contributed by atoms with Crippen LogP contribution < -0.4 is 5.32 Å². The third-order valence-corrected chi connectivity index (χ3v) is 5.74. The van der Waals surface area contributed by atoms with Crippen LogP contribution in [0.3, 0.4) is 0 Å². The molecule has 1 aromatic heterocycles. The molecule has 1 aliphatic rings. The number of nitrogens with one attached hydrogen (secondary N) is 1. The number of likely N-dealkylation sites (N-methyl/N-ethyl adjacent to an activating group) is 1. The first-order valence-electron chi connectivity index (χ1n) is 10.3. The van der Waals surface area contributed by atoms with E-state index in [1.165, 1.54) is 24.1 Å². The van der Waals surface area contributed by atoms with Crippen LogP contribution in [0.15, 0.2) is 48.5 Å². The Kier molecular flexibility index (Phi) is 5.85. The number of aromatic nitrogens is 2. The van der Waals surface area contributed by atoms with Gasteiger partial charge in [0.25, 0.3) is 5.91 Å². The van der Waals surface area contributed by atoms with E-state index in [0.29, 0.717) is 5.56 Å². The van der Waals surface area contributed by atoms with Crippen molar-refractivity contribution in [3.05, 3.63) is 65.5 Å². The monoisotopic (exact) mass is 434 g/mol. The minimum absolute atomic E-state index is 0.198. The number of aldehydes is 1. The van der Waals surface area contributed by atoms with Crippen LogP contribution in [0.4, 0.5) is 4.39 Å². The SMILES string of the molecule is CNC(=O)C(CCC=O)N1Cc2cc(-c3cc(-c4ccc(F)cc4)n(C)n3)ccc2C1=O. The molecule has 0 fully saturated rings. The number of hydrogen-bond donors (Lipinski definition) is 1. The molecule has 4 rings (SSSR count). The Morgan fingerprint density at radius 3 is 2.59 bits per heavy atom. The number of hydrogen-bond acceptors (Lipinski definition) is 4. The fraction of sp³-hybridized carbons (Fsp3) is 0.250. The highest BCUT2D eigenvalue weighted by molar-refractivity contribution is 6.01. The minimum Gasteiger partial charge on any atom is -0.357 e. The number of nitrogens with zero attached hydrogens (tertiary/aromatic N) is 3. The van der Waals surface area contributed by atoms with Gasteiger partial charge in [-0.2, -0.15) is 5.10 Å². The van der Waals surface area contributed by atoms with Gasteiger partial charge in [0.05, 0.1) is 11.4 Å². The molecular formula is C24H23FN4O3. The Labute approximate surface area is 184 Å². The smallest absolute Gasteiger partial charge is 0.255 e. The Morgan fingerprint density at radius 1 is 1.19 bits per heavy atom. The van der Waals surface area contributed by atoms with E-state index in [2.05, 4.69) is 10.4 Å². The molecule has 2 aromatic carbocycles. The third-order valence-electron chi connectivity index (χ3n) is 5.74. The number of fused-ring (bicyclic) bond motifs is 1. The summed E-state index contributed by atoms with van der Waals surface area (Å²) in [6, 6.07) is 12.9. The standard InChI is InChI=1S/C24H23FN4O3/c1-26-23(31)21(4-3-11-30)29-14-17-12-16(7-10-19(17)24(29)32)20-13-22(28(2)27-20)15-5-8-18(25)9-6-15/h5-13,21H,3-4,14H2,1-2H3,(H,26,31). The van der Waals surface area contributed by atoms with E-state index in [1.807, 2.05) is 25.2 Å². The summed E-state index contributed by atoms with van der Waals surface area (Å²) in [7, 11) is 3.34. The molecule has 2 heterocycles. The van der Waals surface area contributed by atoms with Crippen LogP contribution in [0.5, 0.6) is 0 Å². The summed E-state index contributed by atoms with van der Waals surface area (Å²) < 4.78 is 15.0. The van der Waals surface area contributed by atoms with Crippen molar-refractivity contribution < 1.29 is 18.8 Å². The number of rotatable bonds is 7. The molecule has 0 saturated carbocycles.